The van der Waals surface area contributed by atoms with Gasteiger partial charge in [-0.2, -0.15) is 0 Å². The molecule has 1 atom stereocenters. The molecule has 0 aromatic heterocycles. The van der Waals surface area contributed by atoms with E-state index in [1.807, 2.05) is 0 Å². The Morgan fingerprint density at radius 2 is 1.76 bits per heavy atom. The molecule has 0 unspecified atom stereocenters. The van der Waals surface area contributed by atoms with Gasteiger partial charge in [-0.1, -0.05) is 0 Å². The Morgan fingerprint density at radius 1 is 1.14 bits per heavy atom. The Balaban J connectivity index is 2.41. The fourth-order valence-electron chi connectivity index (χ4n) is 2.66. The van der Waals surface area contributed by atoms with Crippen LogP contribution in [0.1, 0.15) is 44.9 Å². The highest BCUT2D eigenvalue weighted by Crippen LogP contribution is 2.28. The topological polar surface area (TPSA) is 130 Å². The average molecular weight is 300 g/mol. The number of carboxylic acid groups (broad SMARTS) is 2. The molecule has 120 valence electrons. The zero-order valence-electron chi connectivity index (χ0n) is 12.1. The van der Waals surface area contributed by atoms with Gasteiger partial charge in [0.05, 0.1) is 0 Å². The molecule has 7 heteroatoms. The minimum atomic E-state index is -1.12. The van der Waals surface area contributed by atoms with Crippen LogP contribution in [0.5, 0.6) is 0 Å². The zero-order valence-corrected chi connectivity index (χ0v) is 12.1. The summed E-state index contributed by atoms with van der Waals surface area (Å²) in [7, 11) is 0. The molecule has 0 saturated heterocycles. The van der Waals surface area contributed by atoms with E-state index in [0.29, 0.717) is 12.5 Å². The molecule has 21 heavy (non-hydrogen) atoms. The number of carbonyl (C=O) groups is 3. The summed E-state index contributed by atoms with van der Waals surface area (Å²) in [5, 5.41) is 20.2. The van der Waals surface area contributed by atoms with Crippen LogP contribution in [0, 0.1) is 11.8 Å². The molecular weight excluding hydrogens is 276 g/mol. The van der Waals surface area contributed by atoms with Gasteiger partial charge in [0.15, 0.2) is 0 Å². The predicted octanol–water partition coefficient (Wildman–Crippen LogP) is 0.576. The molecule has 1 aliphatic rings. The second-order valence-electron chi connectivity index (χ2n) is 5.64. The number of aliphatic carboxylic acids is 2. The number of nitrogens with two attached hydrogens (primary N) is 1. The molecule has 1 amide bonds. The number of rotatable bonds is 8. The van der Waals surface area contributed by atoms with Gasteiger partial charge >= 0.3 is 11.9 Å². The first-order valence-electron chi connectivity index (χ1n) is 7.39. The second kappa shape index (κ2) is 8.61. The number of hydrogen-bond acceptors (Lipinski definition) is 4. The van der Waals surface area contributed by atoms with Gasteiger partial charge in [0.2, 0.25) is 5.91 Å². The molecule has 1 saturated carbocycles. The molecule has 5 N–H and O–H groups in total. The highest BCUT2D eigenvalue weighted by molar-refractivity contribution is 5.85. The number of nitrogens with one attached hydrogen (secondary N) is 1. The lowest BCUT2D eigenvalue weighted by atomic mass is 9.81. The summed E-state index contributed by atoms with van der Waals surface area (Å²) in [5.41, 5.74) is 5.60. The molecular formula is C14H24N2O5. The molecule has 0 aromatic carbocycles. The lowest BCUT2D eigenvalue weighted by Gasteiger charge is -2.27. The molecule has 1 rings (SSSR count). The third-order valence-corrected chi connectivity index (χ3v) is 4.05. The van der Waals surface area contributed by atoms with E-state index in [0.717, 1.165) is 25.7 Å². The van der Waals surface area contributed by atoms with E-state index in [-0.39, 0.29) is 31.1 Å². The minimum absolute atomic E-state index is 0.0960. The first-order chi connectivity index (χ1) is 9.93. The fraction of sp³-hybridized carbons (Fsp3) is 0.786. The third kappa shape index (κ3) is 6.12. The van der Waals surface area contributed by atoms with Crippen molar-refractivity contribution in [2.45, 2.75) is 51.0 Å². The second-order valence-corrected chi connectivity index (χ2v) is 5.64. The summed E-state index contributed by atoms with van der Waals surface area (Å²) >= 11 is 0. The Morgan fingerprint density at radius 3 is 2.24 bits per heavy atom. The zero-order chi connectivity index (χ0) is 15.8. The SMILES string of the molecule is NCC1CCC(C(=O)N[C@H](CCCC(=O)O)C(=O)O)CC1. The van der Waals surface area contributed by atoms with Gasteiger partial charge in [0.1, 0.15) is 6.04 Å². The van der Waals surface area contributed by atoms with Crippen LogP contribution in [-0.4, -0.2) is 40.6 Å². The Labute approximate surface area is 123 Å². The van der Waals surface area contributed by atoms with Gasteiger partial charge in [0, 0.05) is 12.3 Å². The van der Waals surface area contributed by atoms with Crippen molar-refractivity contribution < 1.29 is 24.6 Å². The van der Waals surface area contributed by atoms with Crippen molar-refractivity contribution in [2.75, 3.05) is 6.54 Å². The van der Waals surface area contributed by atoms with Gasteiger partial charge in [-0.05, 0) is 51.0 Å². The monoisotopic (exact) mass is 300 g/mol. The maximum Gasteiger partial charge on any atom is 0.326 e. The van der Waals surface area contributed by atoms with E-state index in [2.05, 4.69) is 5.32 Å². The first-order valence-corrected chi connectivity index (χ1v) is 7.39. The number of carbonyl (C=O) groups excluding carboxylic acids is 1. The summed E-state index contributed by atoms with van der Waals surface area (Å²) in [6.45, 7) is 0.626. The van der Waals surface area contributed by atoms with E-state index < -0.39 is 18.0 Å². The number of amides is 1. The van der Waals surface area contributed by atoms with Crippen molar-refractivity contribution in [3.8, 4) is 0 Å². The van der Waals surface area contributed by atoms with Gasteiger partial charge < -0.3 is 21.3 Å². The maximum atomic E-state index is 12.1. The van der Waals surface area contributed by atoms with E-state index in [1.54, 1.807) is 0 Å². The molecule has 0 aromatic rings. The van der Waals surface area contributed by atoms with Crippen molar-refractivity contribution in [3.63, 3.8) is 0 Å². The molecule has 1 fully saturated rings. The van der Waals surface area contributed by atoms with Crippen LogP contribution in [0.15, 0.2) is 0 Å². The van der Waals surface area contributed by atoms with E-state index in [9.17, 15) is 14.4 Å². The summed E-state index contributed by atoms with van der Waals surface area (Å²) in [5.74, 6) is -2.03. The van der Waals surface area contributed by atoms with Gasteiger partial charge in [-0.3, -0.25) is 9.59 Å². The Bertz CT molecular complexity index is 378. The first kappa shape index (κ1) is 17.4. The van der Waals surface area contributed by atoms with Crippen molar-refractivity contribution in [1.29, 1.82) is 0 Å². The average Bonchev–Trinajstić information content (AvgIpc) is 2.45. The van der Waals surface area contributed by atoms with Crippen molar-refractivity contribution >= 4 is 17.8 Å². The highest BCUT2D eigenvalue weighted by Gasteiger charge is 2.28. The van der Waals surface area contributed by atoms with Crippen LogP contribution in [0.2, 0.25) is 0 Å². The van der Waals surface area contributed by atoms with E-state index in [4.69, 9.17) is 15.9 Å². The Hall–Kier alpha value is -1.63. The smallest absolute Gasteiger partial charge is 0.326 e. The van der Waals surface area contributed by atoms with Crippen molar-refractivity contribution in [1.82, 2.24) is 5.32 Å². The van der Waals surface area contributed by atoms with Crippen molar-refractivity contribution in [2.24, 2.45) is 17.6 Å². The van der Waals surface area contributed by atoms with Crippen LogP contribution in [-0.2, 0) is 14.4 Å². The summed E-state index contributed by atoms with van der Waals surface area (Å²) in [6.07, 6.45) is 3.51. The third-order valence-electron chi connectivity index (χ3n) is 4.05. The molecule has 0 spiro atoms. The van der Waals surface area contributed by atoms with Gasteiger partial charge in [-0.15, -0.1) is 0 Å². The largest absolute Gasteiger partial charge is 0.481 e. The lowest BCUT2D eigenvalue weighted by molar-refractivity contribution is -0.143. The lowest BCUT2D eigenvalue weighted by Crippen LogP contribution is -2.44. The highest BCUT2D eigenvalue weighted by atomic mass is 16.4. The summed E-state index contributed by atoms with van der Waals surface area (Å²) in [6, 6.07) is -1.01. The van der Waals surface area contributed by atoms with E-state index in [1.165, 1.54) is 0 Å². The van der Waals surface area contributed by atoms with Gasteiger partial charge in [0.25, 0.3) is 0 Å². The number of carboxylic acids is 2. The molecule has 7 nitrogen and oxygen atoms in total. The summed E-state index contributed by atoms with van der Waals surface area (Å²) < 4.78 is 0. The Kier molecular flexibility index (Phi) is 7.14. The number of hydrogen-bond donors (Lipinski definition) is 4. The van der Waals surface area contributed by atoms with Crippen LogP contribution >= 0.6 is 0 Å². The molecule has 1 aliphatic carbocycles. The molecule has 0 heterocycles. The van der Waals surface area contributed by atoms with Crippen LogP contribution in [0.4, 0.5) is 0 Å². The summed E-state index contributed by atoms with van der Waals surface area (Å²) in [4.78, 5) is 33.6. The minimum Gasteiger partial charge on any atom is -0.481 e. The van der Waals surface area contributed by atoms with Crippen LogP contribution in [0.3, 0.4) is 0 Å². The van der Waals surface area contributed by atoms with Crippen LogP contribution in [0.25, 0.3) is 0 Å². The fourth-order valence-corrected chi connectivity index (χ4v) is 2.66. The van der Waals surface area contributed by atoms with Crippen LogP contribution < -0.4 is 11.1 Å². The van der Waals surface area contributed by atoms with Gasteiger partial charge in [-0.25, -0.2) is 4.79 Å². The molecule has 0 aliphatic heterocycles. The normalized spacial score (nSPS) is 23.3. The maximum absolute atomic E-state index is 12.1. The predicted molar refractivity (Wildman–Crippen MR) is 75.6 cm³/mol. The van der Waals surface area contributed by atoms with E-state index >= 15 is 0 Å². The quantitative estimate of drug-likeness (QED) is 0.518. The van der Waals surface area contributed by atoms with Crippen molar-refractivity contribution in [3.05, 3.63) is 0 Å². The standard InChI is InChI=1S/C14H24N2O5/c15-8-9-4-6-10(7-5-9)13(19)16-11(14(20)21)2-1-3-12(17)18/h9-11H,1-8,15H2,(H,16,19)(H,17,18)(H,20,21)/t9?,10?,11-/m1/s1. The molecule has 0 radical (unpaired) electrons. The molecule has 0 bridgehead atoms.